The van der Waals surface area contributed by atoms with Crippen LogP contribution in [-0.2, 0) is 38.1 Å². The van der Waals surface area contributed by atoms with Crippen molar-refractivity contribution in [1.82, 2.24) is 0 Å². The van der Waals surface area contributed by atoms with Crippen molar-refractivity contribution in [2.75, 3.05) is 32.5 Å². The van der Waals surface area contributed by atoms with Crippen LogP contribution in [0, 0.1) is 0 Å². The smallest absolute Gasteiger partial charge is 0.264 e. The first-order valence-electron chi connectivity index (χ1n) is 4.59. The molecule has 0 spiro atoms. The van der Waals surface area contributed by atoms with E-state index in [2.05, 4.69) is 8.37 Å². The maximum absolute atomic E-state index is 10.8. The highest BCUT2D eigenvalue weighted by Gasteiger charge is 2.31. The summed E-state index contributed by atoms with van der Waals surface area (Å²) in [5.74, 6) is 0. The number of rotatable bonds is 6. The van der Waals surface area contributed by atoms with Gasteiger partial charge in [0, 0.05) is 0 Å². The van der Waals surface area contributed by atoms with Crippen molar-refractivity contribution in [3.05, 3.63) is 0 Å². The molecular formula is C7H14O8S2. The molecule has 0 aromatic heterocycles. The van der Waals surface area contributed by atoms with E-state index in [9.17, 15) is 16.8 Å². The van der Waals surface area contributed by atoms with Gasteiger partial charge in [0.1, 0.15) is 19.0 Å². The largest absolute Gasteiger partial charge is 0.347 e. The van der Waals surface area contributed by atoms with Crippen LogP contribution in [0.3, 0.4) is 0 Å². The van der Waals surface area contributed by atoms with Crippen LogP contribution >= 0.6 is 0 Å². The molecule has 0 amide bonds. The molecule has 1 fully saturated rings. The van der Waals surface area contributed by atoms with Gasteiger partial charge in [0.25, 0.3) is 20.2 Å². The molecule has 0 radical (unpaired) electrons. The molecule has 0 aromatic carbocycles. The standard InChI is InChI=1S/C7H14O8S2/c1-16(8,9)14-3-6-7(13-5-12-6)4-15-17(2,10)11/h6-7H,3-5H2,1-2H3/t6-,7-/m0/s1. The average Bonchev–Trinajstić information content (AvgIpc) is 2.56. The molecule has 0 aliphatic carbocycles. The first-order valence-corrected chi connectivity index (χ1v) is 8.23. The minimum Gasteiger partial charge on any atom is -0.347 e. The van der Waals surface area contributed by atoms with Gasteiger partial charge in [-0.2, -0.15) is 16.8 Å². The lowest BCUT2D eigenvalue weighted by Gasteiger charge is -2.15. The van der Waals surface area contributed by atoms with Gasteiger partial charge >= 0.3 is 0 Å². The van der Waals surface area contributed by atoms with Gasteiger partial charge in [0.2, 0.25) is 0 Å². The van der Waals surface area contributed by atoms with Crippen LogP contribution in [0.15, 0.2) is 0 Å². The third-order valence-corrected chi connectivity index (χ3v) is 3.00. The molecule has 2 atom stereocenters. The van der Waals surface area contributed by atoms with E-state index in [0.717, 1.165) is 12.5 Å². The maximum atomic E-state index is 10.8. The molecule has 1 heterocycles. The first kappa shape index (κ1) is 14.8. The van der Waals surface area contributed by atoms with Crippen molar-refractivity contribution in [2.24, 2.45) is 0 Å². The lowest BCUT2D eigenvalue weighted by molar-refractivity contribution is 0.0270. The Labute approximate surface area is 100 Å². The number of hydrogen-bond donors (Lipinski definition) is 0. The Morgan fingerprint density at radius 2 is 1.29 bits per heavy atom. The third kappa shape index (κ3) is 6.29. The predicted octanol–water partition coefficient (Wildman–Crippen LogP) is -1.32. The zero-order valence-electron chi connectivity index (χ0n) is 9.36. The molecule has 0 aromatic rings. The number of ether oxygens (including phenoxy) is 2. The fraction of sp³-hybridized carbons (Fsp3) is 1.00. The monoisotopic (exact) mass is 290 g/mol. The zero-order chi connectivity index (χ0) is 13.1. The Hall–Kier alpha value is -0.260. The molecule has 0 saturated carbocycles. The third-order valence-electron chi connectivity index (χ3n) is 1.87. The molecule has 0 N–H and O–H groups in total. The summed E-state index contributed by atoms with van der Waals surface area (Å²) in [4.78, 5) is 0. The molecule has 1 aliphatic heterocycles. The summed E-state index contributed by atoms with van der Waals surface area (Å²) in [6, 6.07) is 0. The van der Waals surface area contributed by atoms with Crippen molar-refractivity contribution < 1.29 is 34.7 Å². The zero-order valence-corrected chi connectivity index (χ0v) is 11.0. The fourth-order valence-corrected chi connectivity index (χ4v) is 1.88. The van der Waals surface area contributed by atoms with Crippen molar-refractivity contribution in [1.29, 1.82) is 0 Å². The summed E-state index contributed by atoms with van der Waals surface area (Å²) in [6.07, 6.45) is 0.466. The van der Waals surface area contributed by atoms with E-state index in [1.54, 1.807) is 0 Å². The van der Waals surface area contributed by atoms with Crippen molar-refractivity contribution in [3.63, 3.8) is 0 Å². The molecule has 102 valence electrons. The predicted molar refractivity (Wildman–Crippen MR) is 56.2 cm³/mol. The van der Waals surface area contributed by atoms with E-state index in [-0.39, 0.29) is 20.0 Å². The fourth-order valence-electron chi connectivity index (χ4n) is 1.12. The van der Waals surface area contributed by atoms with Gasteiger partial charge in [-0.15, -0.1) is 0 Å². The molecule has 0 bridgehead atoms. The summed E-state index contributed by atoms with van der Waals surface area (Å²) in [5.41, 5.74) is 0. The Balaban J connectivity index is 2.44. The summed E-state index contributed by atoms with van der Waals surface area (Å²) in [5, 5.41) is 0. The highest BCUT2D eigenvalue weighted by atomic mass is 32.2. The molecule has 1 aliphatic rings. The quantitative estimate of drug-likeness (QED) is 0.555. The highest BCUT2D eigenvalue weighted by molar-refractivity contribution is 7.86. The van der Waals surface area contributed by atoms with E-state index >= 15 is 0 Å². The topological polar surface area (TPSA) is 105 Å². The lowest BCUT2D eigenvalue weighted by Crippen LogP contribution is -2.33. The van der Waals surface area contributed by atoms with Crippen molar-refractivity contribution in [2.45, 2.75) is 12.2 Å². The average molecular weight is 290 g/mol. The summed E-state index contributed by atoms with van der Waals surface area (Å²) in [6.45, 7) is -0.539. The van der Waals surface area contributed by atoms with Gasteiger partial charge in [-0.1, -0.05) is 0 Å². The van der Waals surface area contributed by atoms with E-state index in [1.165, 1.54) is 0 Å². The Morgan fingerprint density at radius 3 is 1.59 bits per heavy atom. The van der Waals surface area contributed by atoms with Crippen LogP contribution in [0.5, 0.6) is 0 Å². The molecular weight excluding hydrogens is 276 g/mol. The van der Waals surface area contributed by atoms with Gasteiger partial charge in [0.15, 0.2) is 0 Å². The molecule has 1 saturated heterocycles. The molecule has 17 heavy (non-hydrogen) atoms. The second-order valence-corrected chi connectivity index (χ2v) is 6.79. The molecule has 8 nitrogen and oxygen atoms in total. The summed E-state index contributed by atoms with van der Waals surface area (Å²) >= 11 is 0. The number of hydrogen-bond acceptors (Lipinski definition) is 8. The first-order chi connectivity index (χ1) is 7.67. The van der Waals surface area contributed by atoms with Crippen molar-refractivity contribution >= 4 is 20.2 Å². The van der Waals surface area contributed by atoms with Gasteiger partial charge < -0.3 is 9.47 Å². The van der Waals surface area contributed by atoms with E-state index in [0.29, 0.717) is 0 Å². The van der Waals surface area contributed by atoms with E-state index < -0.39 is 32.4 Å². The van der Waals surface area contributed by atoms with Gasteiger partial charge in [-0.05, 0) is 0 Å². The second kappa shape index (κ2) is 5.59. The van der Waals surface area contributed by atoms with E-state index in [1.807, 2.05) is 0 Å². The summed E-state index contributed by atoms with van der Waals surface area (Å²) in [7, 11) is -7.15. The van der Waals surface area contributed by atoms with Gasteiger partial charge in [-0.25, -0.2) is 0 Å². The molecule has 1 rings (SSSR count). The minimum atomic E-state index is -3.57. The van der Waals surface area contributed by atoms with Crippen LogP contribution in [0.1, 0.15) is 0 Å². The van der Waals surface area contributed by atoms with Crippen LogP contribution in [0.25, 0.3) is 0 Å². The van der Waals surface area contributed by atoms with Gasteiger partial charge in [-0.3, -0.25) is 8.37 Å². The van der Waals surface area contributed by atoms with Crippen LogP contribution in [0.2, 0.25) is 0 Å². The SMILES string of the molecule is CS(=O)(=O)OC[C@@H]1OCO[C@H]1COS(C)(=O)=O. The minimum absolute atomic E-state index is 0.0599. The van der Waals surface area contributed by atoms with E-state index in [4.69, 9.17) is 9.47 Å². The lowest BCUT2D eigenvalue weighted by atomic mass is 10.2. The van der Waals surface area contributed by atoms with Crippen LogP contribution in [0.4, 0.5) is 0 Å². The van der Waals surface area contributed by atoms with Gasteiger partial charge in [0.05, 0.1) is 25.7 Å². The molecule has 10 heteroatoms. The Bertz CT molecular complexity index is 396. The summed E-state index contributed by atoms with van der Waals surface area (Å²) < 4.78 is 62.2. The van der Waals surface area contributed by atoms with Crippen LogP contribution in [-0.4, -0.2) is 61.6 Å². The highest BCUT2D eigenvalue weighted by Crippen LogP contribution is 2.15. The Morgan fingerprint density at radius 1 is 0.941 bits per heavy atom. The second-order valence-electron chi connectivity index (χ2n) is 3.51. The van der Waals surface area contributed by atoms with Crippen molar-refractivity contribution in [3.8, 4) is 0 Å². The molecule has 0 unspecified atom stereocenters. The Kier molecular flexibility index (Phi) is 4.86. The normalized spacial score (nSPS) is 26.2. The van der Waals surface area contributed by atoms with Crippen LogP contribution < -0.4 is 0 Å². The maximum Gasteiger partial charge on any atom is 0.264 e.